The second kappa shape index (κ2) is 7.17. The summed E-state index contributed by atoms with van der Waals surface area (Å²) in [7, 11) is 1.53. The highest BCUT2D eigenvalue weighted by molar-refractivity contribution is 6.11. The largest absolute Gasteiger partial charge is 0.491 e. The van der Waals surface area contributed by atoms with E-state index < -0.39 is 0 Å². The van der Waals surface area contributed by atoms with E-state index in [9.17, 15) is 9.59 Å². The van der Waals surface area contributed by atoms with Crippen LogP contribution in [0.1, 0.15) is 23.8 Å². The van der Waals surface area contributed by atoms with Gasteiger partial charge in [0.1, 0.15) is 5.75 Å². The Morgan fingerprint density at radius 2 is 1.80 bits per heavy atom. The molecule has 0 saturated heterocycles. The zero-order valence-corrected chi connectivity index (χ0v) is 14.2. The summed E-state index contributed by atoms with van der Waals surface area (Å²) in [5.74, 6) is 0.214. The molecule has 0 aliphatic heterocycles. The highest BCUT2D eigenvalue weighted by Crippen LogP contribution is 2.25. The fourth-order valence-electron chi connectivity index (χ4n) is 2.56. The zero-order chi connectivity index (χ0) is 17.8. The summed E-state index contributed by atoms with van der Waals surface area (Å²) < 4.78 is 6.84. The number of carbonyl (C=O) groups is 1. The standard InChI is InChI=1S/C19H19N3O3/c1-3-12-25-16-11-7-6-10-15(16)20-18(23)17-13-8-4-5-9-14(13)19(24)22(2)21-17/h4-11H,3,12H2,1-2H3,(H,20,23). The number of amides is 1. The maximum atomic E-state index is 12.8. The quantitative estimate of drug-likeness (QED) is 0.777. The number of anilines is 1. The van der Waals surface area contributed by atoms with E-state index in [2.05, 4.69) is 10.4 Å². The average molecular weight is 337 g/mol. The molecule has 0 atom stereocenters. The highest BCUT2D eigenvalue weighted by atomic mass is 16.5. The van der Waals surface area contributed by atoms with Gasteiger partial charge in [0.05, 0.1) is 17.7 Å². The number of hydrogen-bond donors (Lipinski definition) is 1. The van der Waals surface area contributed by atoms with Crippen molar-refractivity contribution in [2.75, 3.05) is 11.9 Å². The average Bonchev–Trinajstić information content (AvgIpc) is 2.64. The van der Waals surface area contributed by atoms with Crippen LogP contribution in [0.15, 0.2) is 53.3 Å². The molecule has 3 aromatic rings. The second-order valence-electron chi connectivity index (χ2n) is 5.62. The van der Waals surface area contributed by atoms with Crippen LogP contribution in [0.3, 0.4) is 0 Å². The zero-order valence-electron chi connectivity index (χ0n) is 14.2. The van der Waals surface area contributed by atoms with Crippen LogP contribution < -0.4 is 15.6 Å². The number of carbonyl (C=O) groups excluding carboxylic acids is 1. The van der Waals surface area contributed by atoms with Gasteiger partial charge in [0.15, 0.2) is 5.69 Å². The first-order valence-electron chi connectivity index (χ1n) is 8.11. The highest BCUT2D eigenvalue weighted by Gasteiger charge is 2.17. The maximum absolute atomic E-state index is 12.8. The van der Waals surface area contributed by atoms with Gasteiger partial charge in [-0.15, -0.1) is 0 Å². The van der Waals surface area contributed by atoms with Gasteiger partial charge in [0.25, 0.3) is 11.5 Å². The molecule has 0 saturated carbocycles. The van der Waals surface area contributed by atoms with E-state index >= 15 is 0 Å². The van der Waals surface area contributed by atoms with Gasteiger partial charge in [0, 0.05) is 12.4 Å². The van der Waals surface area contributed by atoms with Gasteiger partial charge in [-0.1, -0.05) is 37.3 Å². The smallest absolute Gasteiger partial charge is 0.276 e. The van der Waals surface area contributed by atoms with Gasteiger partial charge in [-0.25, -0.2) is 4.68 Å². The van der Waals surface area contributed by atoms with Gasteiger partial charge in [-0.05, 0) is 24.6 Å². The van der Waals surface area contributed by atoms with Gasteiger partial charge in [-0.2, -0.15) is 5.10 Å². The van der Waals surface area contributed by atoms with Crippen molar-refractivity contribution >= 4 is 22.4 Å². The number of nitrogens with zero attached hydrogens (tertiary/aromatic N) is 2. The molecule has 1 heterocycles. The molecule has 25 heavy (non-hydrogen) atoms. The Labute approximate surface area is 145 Å². The molecule has 0 radical (unpaired) electrons. The van der Waals surface area contributed by atoms with E-state index in [0.29, 0.717) is 28.8 Å². The third-order valence-corrected chi connectivity index (χ3v) is 3.77. The number of fused-ring (bicyclic) bond motifs is 1. The monoisotopic (exact) mass is 337 g/mol. The normalized spacial score (nSPS) is 10.6. The molecular formula is C19H19N3O3. The first-order chi connectivity index (χ1) is 12.1. The SMILES string of the molecule is CCCOc1ccccc1NC(=O)c1nn(C)c(=O)c2ccccc12. The first-order valence-corrected chi connectivity index (χ1v) is 8.11. The van der Waals surface area contributed by atoms with E-state index in [1.165, 1.54) is 11.7 Å². The van der Waals surface area contributed by atoms with Crippen LogP contribution in [0, 0.1) is 0 Å². The predicted octanol–water partition coefficient (Wildman–Crippen LogP) is 2.97. The van der Waals surface area contributed by atoms with E-state index in [4.69, 9.17) is 4.74 Å². The summed E-state index contributed by atoms with van der Waals surface area (Å²) >= 11 is 0. The summed E-state index contributed by atoms with van der Waals surface area (Å²) in [6.45, 7) is 2.58. The number of rotatable bonds is 5. The minimum atomic E-state index is -0.389. The molecule has 1 N–H and O–H groups in total. The molecule has 0 unspecified atom stereocenters. The molecular weight excluding hydrogens is 318 g/mol. The second-order valence-corrected chi connectivity index (χ2v) is 5.62. The van der Waals surface area contributed by atoms with Crippen molar-refractivity contribution in [2.24, 2.45) is 7.05 Å². The number of nitrogens with one attached hydrogen (secondary N) is 1. The van der Waals surface area contributed by atoms with Crippen molar-refractivity contribution in [3.05, 3.63) is 64.6 Å². The number of aryl methyl sites for hydroxylation is 1. The molecule has 0 fully saturated rings. The van der Waals surface area contributed by atoms with Crippen molar-refractivity contribution in [1.82, 2.24) is 9.78 Å². The Hall–Kier alpha value is -3.15. The first kappa shape index (κ1) is 16.7. The lowest BCUT2D eigenvalue weighted by Gasteiger charge is -2.13. The van der Waals surface area contributed by atoms with Crippen LogP contribution in [0.25, 0.3) is 10.8 Å². The summed E-state index contributed by atoms with van der Waals surface area (Å²) in [4.78, 5) is 25.0. The van der Waals surface area contributed by atoms with Crippen LogP contribution in [-0.4, -0.2) is 22.3 Å². The molecule has 1 aromatic heterocycles. The van der Waals surface area contributed by atoms with Crippen LogP contribution in [0.5, 0.6) is 5.75 Å². The number of benzene rings is 2. The molecule has 0 bridgehead atoms. The van der Waals surface area contributed by atoms with Gasteiger partial charge >= 0.3 is 0 Å². The molecule has 6 nitrogen and oxygen atoms in total. The van der Waals surface area contributed by atoms with Crippen molar-refractivity contribution in [3.63, 3.8) is 0 Å². The van der Waals surface area contributed by atoms with Crippen molar-refractivity contribution in [2.45, 2.75) is 13.3 Å². The van der Waals surface area contributed by atoms with Gasteiger partial charge in [0.2, 0.25) is 0 Å². The number of hydrogen-bond acceptors (Lipinski definition) is 4. The lowest BCUT2D eigenvalue weighted by Crippen LogP contribution is -2.25. The molecule has 6 heteroatoms. The van der Waals surface area contributed by atoms with E-state index in [1.807, 2.05) is 19.1 Å². The summed E-state index contributed by atoms with van der Waals surface area (Å²) in [6.07, 6.45) is 0.870. The fraction of sp³-hybridized carbons (Fsp3) is 0.211. The van der Waals surface area contributed by atoms with Crippen LogP contribution in [-0.2, 0) is 7.05 Å². The van der Waals surface area contributed by atoms with Crippen molar-refractivity contribution in [3.8, 4) is 5.75 Å². The Morgan fingerprint density at radius 1 is 1.12 bits per heavy atom. The Kier molecular flexibility index (Phi) is 4.79. The lowest BCUT2D eigenvalue weighted by molar-refractivity contribution is 0.102. The predicted molar refractivity (Wildman–Crippen MR) is 97.2 cm³/mol. The molecule has 0 spiro atoms. The third kappa shape index (κ3) is 3.38. The molecule has 0 aliphatic carbocycles. The van der Waals surface area contributed by atoms with Crippen LogP contribution in [0.2, 0.25) is 0 Å². The minimum Gasteiger partial charge on any atom is -0.491 e. The molecule has 3 rings (SSSR count). The van der Waals surface area contributed by atoms with Crippen molar-refractivity contribution in [1.29, 1.82) is 0 Å². The van der Waals surface area contributed by atoms with Gasteiger partial charge < -0.3 is 10.1 Å². The van der Waals surface area contributed by atoms with E-state index in [1.54, 1.807) is 36.4 Å². The maximum Gasteiger partial charge on any atom is 0.276 e. The Balaban J connectivity index is 1.99. The fourth-order valence-corrected chi connectivity index (χ4v) is 2.56. The van der Waals surface area contributed by atoms with Crippen molar-refractivity contribution < 1.29 is 9.53 Å². The number of ether oxygens (including phenoxy) is 1. The van der Waals surface area contributed by atoms with E-state index in [-0.39, 0.29) is 17.2 Å². The van der Waals surface area contributed by atoms with Crippen LogP contribution in [0.4, 0.5) is 5.69 Å². The molecule has 0 aliphatic rings. The number of aromatic nitrogens is 2. The molecule has 2 aromatic carbocycles. The summed E-state index contributed by atoms with van der Waals surface area (Å²) in [5.41, 5.74) is 0.530. The third-order valence-electron chi connectivity index (χ3n) is 3.77. The Bertz CT molecular complexity index is 979. The summed E-state index contributed by atoms with van der Waals surface area (Å²) in [6, 6.07) is 14.2. The molecule has 128 valence electrons. The Morgan fingerprint density at radius 3 is 2.56 bits per heavy atom. The van der Waals surface area contributed by atoms with Gasteiger partial charge in [-0.3, -0.25) is 9.59 Å². The van der Waals surface area contributed by atoms with E-state index in [0.717, 1.165) is 6.42 Å². The summed E-state index contributed by atoms with van der Waals surface area (Å²) in [5, 5.41) is 7.95. The topological polar surface area (TPSA) is 73.2 Å². The minimum absolute atomic E-state index is 0.197. The molecule has 1 amide bonds. The van der Waals surface area contributed by atoms with Crippen LogP contribution >= 0.6 is 0 Å². The lowest BCUT2D eigenvalue weighted by atomic mass is 10.1. The number of para-hydroxylation sites is 2.